The van der Waals surface area contributed by atoms with Gasteiger partial charge in [0, 0.05) is 0 Å². The molecule has 0 aliphatic carbocycles. The van der Waals surface area contributed by atoms with E-state index in [0.29, 0.717) is 12.0 Å². The van der Waals surface area contributed by atoms with Gasteiger partial charge in [0.2, 0.25) is 0 Å². The monoisotopic (exact) mass is 510 g/mol. The van der Waals surface area contributed by atoms with Gasteiger partial charge in [-0.3, -0.25) is 0 Å². The molecule has 1 aliphatic heterocycles. The lowest BCUT2D eigenvalue weighted by Crippen LogP contribution is -2.59. The number of rotatable bonds is 11. The molecule has 11 heteroatoms. The fraction of sp³-hybridized carbons (Fsp3) is 0.520. The maximum atomic E-state index is 10.9. The second-order valence-electron chi connectivity index (χ2n) is 8.79. The van der Waals surface area contributed by atoms with Gasteiger partial charge >= 0.3 is 0 Å². The molecule has 2 aromatic carbocycles. The zero-order valence-corrected chi connectivity index (χ0v) is 20.1. The Balaban J connectivity index is 1.78. The molecule has 200 valence electrons. The van der Waals surface area contributed by atoms with Crippen molar-refractivity contribution in [2.24, 2.45) is 5.92 Å². The maximum absolute atomic E-state index is 10.9. The predicted molar refractivity (Wildman–Crippen MR) is 126 cm³/mol. The van der Waals surface area contributed by atoms with Gasteiger partial charge in [0.15, 0.2) is 29.3 Å². The average Bonchev–Trinajstić information content (AvgIpc) is 2.88. The first-order chi connectivity index (χ1) is 17.2. The van der Waals surface area contributed by atoms with Gasteiger partial charge in [-0.05, 0) is 54.2 Å². The molecule has 11 nitrogen and oxygen atoms in total. The van der Waals surface area contributed by atoms with E-state index >= 15 is 0 Å². The Hall–Kier alpha value is -2.64. The van der Waals surface area contributed by atoms with Gasteiger partial charge in [-0.15, -0.1) is 0 Å². The first-order valence-electron chi connectivity index (χ1n) is 11.5. The first-order valence-corrected chi connectivity index (χ1v) is 11.5. The fourth-order valence-corrected chi connectivity index (χ4v) is 4.18. The molecule has 7 N–H and O–H groups in total. The smallest absolute Gasteiger partial charge is 0.186 e. The molecule has 0 spiro atoms. The molecule has 36 heavy (non-hydrogen) atoms. The number of aromatic hydroxyl groups is 2. The minimum Gasteiger partial charge on any atom is -0.504 e. The number of aliphatic hydroxyl groups is 5. The minimum atomic E-state index is -1.57. The highest BCUT2D eigenvalue weighted by Gasteiger charge is 2.44. The molecule has 0 saturated carbocycles. The Labute approximate surface area is 208 Å². The van der Waals surface area contributed by atoms with E-state index < -0.39 is 43.4 Å². The SMILES string of the molecule is COc1cc(CC(CO[C@@H]2O[C@H](CO)[C@@H](O)[C@H](O)[C@H]2O)CC(O)c2ccc(O)c(OC)c2)ccc1O. The highest BCUT2D eigenvalue weighted by Crippen LogP contribution is 2.33. The van der Waals surface area contributed by atoms with Crippen LogP contribution < -0.4 is 9.47 Å². The average molecular weight is 511 g/mol. The van der Waals surface area contributed by atoms with E-state index in [4.69, 9.17) is 18.9 Å². The number of ether oxygens (including phenoxy) is 4. The minimum absolute atomic E-state index is 0.0217. The van der Waals surface area contributed by atoms with E-state index in [0.717, 1.165) is 5.56 Å². The summed E-state index contributed by atoms with van der Waals surface area (Å²) in [5, 5.41) is 70.4. The molecule has 0 bridgehead atoms. The van der Waals surface area contributed by atoms with Crippen molar-refractivity contribution in [1.29, 1.82) is 0 Å². The summed E-state index contributed by atoms with van der Waals surface area (Å²) in [5.74, 6) is 0.0500. The molecule has 1 fully saturated rings. The Morgan fingerprint density at radius 3 is 2.17 bits per heavy atom. The van der Waals surface area contributed by atoms with Gasteiger partial charge in [0.25, 0.3) is 0 Å². The van der Waals surface area contributed by atoms with Crippen molar-refractivity contribution < 1.29 is 54.7 Å². The third-order valence-corrected chi connectivity index (χ3v) is 6.26. The number of methoxy groups -OCH3 is 2. The second kappa shape index (κ2) is 12.5. The van der Waals surface area contributed by atoms with E-state index in [2.05, 4.69) is 0 Å². The van der Waals surface area contributed by atoms with E-state index in [1.165, 1.54) is 32.4 Å². The van der Waals surface area contributed by atoms with Crippen LogP contribution in [0, 0.1) is 5.92 Å². The molecule has 0 aromatic heterocycles. The number of phenolic OH excluding ortho intramolecular Hbond substituents is 2. The number of hydrogen-bond acceptors (Lipinski definition) is 11. The Morgan fingerprint density at radius 2 is 1.53 bits per heavy atom. The molecular weight excluding hydrogens is 476 g/mol. The summed E-state index contributed by atoms with van der Waals surface area (Å²) in [7, 11) is 2.83. The van der Waals surface area contributed by atoms with Crippen molar-refractivity contribution in [3.63, 3.8) is 0 Å². The molecular formula is C25H34O11. The summed E-state index contributed by atoms with van der Waals surface area (Å²) in [5.41, 5.74) is 1.29. The van der Waals surface area contributed by atoms with Crippen molar-refractivity contribution in [2.45, 2.75) is 49.7 Å². The summed E-state index contributed by atoms with van der Waals surface area (Å²) < 4.78 is 21.5. The maximum Gasteiger partial charge on any atom is 0.186 e. The van der Waals surface area contributed by atoms with Gasteiger partial charge in [-0.2, -0.15) is 0 Å². The summed E-state index contributed by atoms with van der Waals surface area (Å²) in [6, 6.07) is 9.37. The Kier molecular flexibility index (Phi) is 9.74. The first kappa shape index (κ1) is 27.9. The van der Waals surface area contributed by atoms with Crippen LogP contribution in [-0.4, -0.2) is 93.9 Å². The normalized spacial score (nSPS) is 25.8. The van der Waals surface area contributed by atoms with Crippen molar-refractivity contribution in [3.05, 3.63) is 47.5 Å². The van der Waals surface area contributed by atoms with Crippen molar-refractivity contribution >= 4 is 0 Å². The predicted octanol–water partition coefficient (Wildman–Crippen LogP) is 0.214. The Bertz CT molecular complexity index is 982. The van der Waals surface area contributed by atoms with E-state index in [-0.39, 0.29) is 41.9 Å². The van der Waals surface area contributed by atoms with Gasteiger partial charge in [0.05, 0.1) is 33.5 Å². The number of aliphatic hydroxyl groups excluding tert-OH is 5. The molecule has 1 heterocycles. The molecule has 0 amide bonds. The van der Waals surface area contributed by atoms with Crippen LogP contribution >= 0.6 is 0 Å². The largest absolute Gasteiger partial charge is 0.504 e. The highest BCUT2D eigenvalue weighted by molar-refractivity contribution is 5.43. The van der Waals surface area contributed by atoms with Crippen LogP contribution in [0.25, 0.3) is 0 Å². The lowest BCUT2D eigenvalue weighted by Gasteiger charge is -2.40. The van der Waals surface area contributed by atoms with Gasteiger partial charge in [-0.1, -0.05) is 12.1 Å². The number of phenols is 2. The van der Waals surface area contributed by atoms with E-state index in [1.807, 2.05) is 0 Å². The number of benzene rings is 2. The lowest BCUT2D eigenvalue weighted by atomic mass is 9.91. The summed E-state index contributed by atoms with van der Waals surface area (Å²) in [6.45, 7) is -0.610. The van der Waals surface area contributed by atoms with Crippen molar-refractivity contribution in [2.75, 3.05) is 27.4 Å². The summed E-state index contributed by atoms with van der Waals surface area (Å²) in [4.78, 5) is 0. The highest BCUT2D eigenvalue weighted by atomic mass is 16.7. The van der Waals surface area contributed by atoms with Crippen LogP contribution in [0.3, 0.4) is 0 Å². The van der Waals surface area contributed by atoms with Gasteiger partial charge < -0.3 is 54.7 Å². The third kappa shape index (κ3) is 6.56. The van der Waals surface area contributed by atoms with Crippen molar-refractivity contribution in [3.8, 4) is 23.0 Å². The standard InChI is InChI=1S/C25H34O11/c1-33-19-9-13(3-5-16(19)27)7-14(8-18(29)15-4-6-17(28)20(10-15)34-2)12-35-25-24(32)23(31)22(30)21(11-26)36-25/h3-6,9-10,14,18,21-32H,7-8,11-12H2,1-2H3/t14?,18?,21-,22-,23+,24-,25-/m1/s1. The third-order valence-electron chi connectivity index (χ3n) is 6.26. The van der Waals surface area contributed by atoms with E-state index in [1.54, 1.807) is 18.2 Å². The van der Waals surface area contributed by atoms with E-state index in [9.17, 15) is 35.7 Å². The zero-order valence-electron chi connectivity index (χ0n) is 20.1. The molecule has 7 atom stereocenters. The van der Waals surface area contributed by atoms with Gasteiger partial charge in [-0.25, -0.2) is 0 Å². The quantitative estimate of drug-likeness (QED) is 0.220. The Morgan fingerprint density at radius 1 is 0.889 bits per heavy atom. The van der Waals surface area contributed by atoms with Crippen LogP contribution in [0.4, 0.5) is 0 Å². The summed E-state index contributed by atoms with van der Waals surface area (Å²) in [6.07, 6.45) is -7.46. The van der Waals surface area contributed by atoms with Crippen LogP contribution in [0.1, 0.15) is 23.7 Å². The topological polar surface area (TPSA) is 179 Å². The summed E-state index contributed by atoms with van der Waals surface area (Å²) >= 11 is 0. The number of hydrogen-bond donors (Lipinski definition) is 7. The van der Waals surface area contributed by atoms with Crippen LogP contribution in [-0.2, 0) is 15.9 Å². The fourth-order valence-electron chi connectivity index (χ4n) is 4.18. The molecule has 1 aliphatic rings. The van der Waals surface area contributed by atoms with Crippen LogP contribution in [0.15, 0.2) is 36.4 Å². The molecule has 1 saturated heterocycles. The molecule has 0 radical (unpaired) electrons. The zero-order chi connectivity index (χ0) is 26.4. The van der Waals surface area contributed by atoms with Gasteiger partial charge in [0.1, 0.15) is 24.4 Å². The van der Waals surface area contributed by atoms with Crippen LogP contribution in [0.2, 0.25) is 0 Å². The van der Waals surface area contributed by atoms with Crippen LogP contribution in [0.5, 0.6) is 23.0 Å². The molecule has 3 rings (SSSR count). The molecule has 2 unspecified atom stereocenters. The second-order valence-corrected chi connectivity index (χ2v) is 8.79. The lowest BCUT2D eigenvalue weighted by molar-refractivity contribution is -0.303. The van der Waals surface area contributed by atoms with Crippen molar-refractivity contribution in [1.82, 2.24) is 0 Å². The molecule has 2 aromatic rings.